The molecule has 7 heteroatoms. The summed E-state index contributed by atoms with van der Waals surface area (Å²) in [5, 5.41) is 7.59. The molecule has 0 fully saturated rings. The maximum Gasteiger partial charge on any atom is 0.258 e. The zero-order chi connectivity index (χ0) is 21.2. The highest BCUT2D eigenvalue weighted by molar-refractivity contribution is 7.80. The maximum atomic E-state index is 12.4. The van der Waals surface area contributed by atoms with Crippen LogP contribution in [-0.4, -0.2) is 62.1 Å². The van der Waals surface area contributed by atoms with Crippen LogP contribution >= 0.6 is 12.6 Å². The highest BCUT2D eigenvalue weighted by Gasteiger charge is 2.15. The first kappa shape index (κ1) is 22.6. The molecule has 0 bridgehead atoms. The van der Waals surface area contributed by atoms with Crippen LogP contribution in [0.2, 0.25) is 0 Å². The van der Waals surface area contributed by atoms with Gasteiger partial charge in [-0.05, 0) is 41.7 Å². The molecule has 2 rings (SSSR count). The Balaban J connectivity index is 2.20. The summed E-state index contributed by atoms with van der Waals surface area (Å²) < 4.78 is 0. The highest BCUT2D eigenvalue weighted by Crippen LogP contribution is 2.30. The molecule has 2 N–H and O–H groups in total. The second kappa shape index (κ2) is 11.4. The zero-order valence-electron chi connectivity index (χ0n) is 17.3. The summed E-state index contributed by atoms with van der Waals surface area (Å²) in [7, 11) is 6.05. The van der Waals surface area contributed by atoms with Crippen LogP contribution in [0, 0.1) is 0 Å². The molecule has 0 aliphatic rings. The average molecular weight is 415 g/mol. The molecule has 0 spiro atoms. The van der Waals surface area contributed by atoms with Gasteiger partial charge in [-0.3, -0.25) is 14.9 Å². The second-order valence-electron chi connectivity index (χ2n) is 7.09. The Morgan fingerprint density at radius 3 is 2.62 bits per heavy atom. The smallest absolute Gasteiger partial charge is 0.258 e. The van der Waals surface area contributed by atoms with Gasteiger partial charge in [0.25, 0.3) is 5.91 Å². The molecule has 0 aliphatic heterocycles. The van der Waals surface area contributed by atoms with Crippen LogP contribution in [0.1, 0.15) is 22.3 Å². The van der Waals surface area contributed by atoms with E-state index in [0.717, 1.165) is 48.0 Å². The van der Waals surface area contributed by atoms with Gasteiger partial charge in [0, 0.05) is 63.3 Å². The number of nitrogens with one attached hydrogen (secondary N) is 2. The van der Waals surface area contributed by atoms with Gasteiger partial charge < -0.3 is 15.1 Å². The first-order chi connectivity index (χ1) is 14.0. The third kappa shape index (κ3) is 6.42. The van der Waals surface area contributed by atoms with Gasteiger partial charge in [-0.25, -0.2) is 0 Å². The highest BCUT2D eigenvalue weighted by atomic mass is 32.1. The molecular weight excluding hydrogens is 384 g/mol. The largest absolute Gasteiger partial charge is 0.384 e. The van der Waals surface area contributed by atoms with Crippen molar-refractivity contribution in [3.63, 3.8) is 0 Å². The van der Waals surface area contributed by atoms with E-state index in [2.05, 4.69) is 41.4 Å². The van der Waals surface area contributed by atoms with Gasteiger partial charge in [0.15, 0.2) is 0 Å². The molecule has 0 atom stereocenters. The minimum Gasteiger partial charge on any atom is -0.384 e. The molecule has 0 aromatic heterocycles. The Morgan fingerprint density at radius 2 is 1.93 bits per heavy atom. The number of carbonyl (C=O) groups excluding carboxylic acids is 2. The molecule has 0 heterocycles. The minimum absolute atomic E-state index is 0.391. The van der Waals surface area contributed by atoms with Crippen LogP contribution in [0.4, 0.5) is 5.69 Å². The second-order valence-corrected chi connectivity index (χ2v) is 7.54. The normalized spacial score (nSPS) is 10.9. The Hall–Kier alpha value is -2.67. The standard InChI is InChI=1S/C22H30N4O2S/c1-25(2)13-14-26(3)12-5-11-23-20-9-8-19(22(28)24-16-27)21-17(10-15-29)6-4-7-18(20)21/h4,6-9,13-14,16,23,29H,5,10-12,15H2,1-3H3,(H,24,27,28)/b14-13-. The number of rotatable bonds is 11. The van der Waals surface area contributed by atoms with Crippen molar-refractivity contribution in [3.05, 3.63) is 53.9 Å². The van der Waals surface area contributed by atoms with Gasteiger partial charge in [-0.15, -0.1) is 0 Å². The molecule has 0 saturated carbocycles. The summed E-state index contributed by atoms with van der Waals surface area (Å²) in [6, 6.07) is 9.68. The number of carbonyl (C=O) groups is 2. The Kier molecular flexibility index (Phi) is 8.86. The molecule has 2 amide bonds. The van der Waals surface area contributed by atoms with Gasteiger partial charge in [0.2, 0.25) is 6.41 Å². The van der Waals surface area contributed by atoms with E-state index >= 15 is 0 Å². The van der Waals surface area contributed by atoms with E-state index in [4.69, 9.17) is 0 Å². The fourth-order valence-electron chi connectivity index (χ4n) is 3.16. The molecule has 0 aliphatic carbocycles. The molecule has 156 valence electrons. The molecule has 2 aromatic rings. The average Bonchev–Trinajstić information content (AvgIpc) is 2.70. The van der Waals surface area contributed by atoms with Crippen molar-refractivity contribution in [1.82, 2.24) is 15.1 Å². The molecule has 6 nitrogen and oxygen atoms in total. The fourth-order valence-corrected chi connectivity index (χ4v) is 3.40. The van der Waals surface area contributed by atoms with Gasteiger partial charge in [-0.2, -0.15) is 12.6 Å². The van der Waals surface area contributed by atoms with E-state index < -0.39 is 5.91 Å². The first-order valence-corrected chi connectivity index (χ1v) is 10.3. The summed E-state index contributed by atoms with van der Waals surface area (Å²) in [6.07, 6.45) is 6.21. The van der Waals surface area contributed by atoms with Crippen molar-refractivity contribution < 1.29 is 9.59 Å². The van der Waals surface area contributed by atoms with Crippen molar-refractivity contribution in [1.29, 1.82) is 0 Å². The number of imide groups is 1. The number of fused-ring (bicyclic) bond motifs is 1. The monoisotopic (exact) mass is 414 g/mol. The van der Waals surface area contributed by atoms with Crippen molar-refractivity contribution in [2.45, 2.75) is 12.8 Å². The topological polar surface area (TPSA) is 64.7 Å². The number of amides is 2. The van der Waals surface area contributed by atoms with E-state index in [0.29, 0.717) is 17.7 Å². The van der Waals surface area contributed by atoms with E-state index in [1.807, 2.05) is 49.5 Å². The lowest BCUT2D eigenvalue weighted by atomic mass is 9.96. The number of hydrogen-bond acceptors (Lipinski definition) is 6. The van der Waals surface area contributed by atoms with Gasteiger partial charge in [0.1, 0.15) is 0 Å². The summed E-state index contributed by atoms with van der Waals surface area (Å²) in [5.74, 6) is 0.288. The summed E-state index contributed by atoms with van der Waals surface area (Å²) in [6.45, 7) is 1.74. The van der Waals surface area contributed by atoms with Gasteiger partial charge in [-0.1, -0.05) is 18.2 Å². The number of benzene rings is 2. The quantitative estimate of drug-likeness (QED) is 0.300. The third-order valence-corrected chi connectivity index (χ3v) is 4.79. The lowest BCUT2D eigenvalue weighted by Crippen LogP contribution is -2.22. The lowest BCUT2D eigenvalue weighted by molar-refractivity contribution is -0.108. The van der Waals surface area contributed by atoms with Crippen LogP contribution in [0.3, 0.4) is 0 Å². The van der Waals surface area contributed by atoms with E-state index in [9.17, 15) is 9.59 Å². The van der Waals surface area contributed by atoms with Crippen molar-refractivity contribution in [2.24, 2.45) is 0 Å². The molecule has 0 radical (unpaired) electrons. The number of anilines is 1. The number of aryl methyl sites for hydroxylation is 1. The van der Waals surface area contributed by atoms with Crippen molar-refractivity contribution in [3.8, 4) is 0 Å². The molecule has 29 heavy (non-hydrogen) atoms. The fraction of sp³-hybridized carbons (Fsp3) is 0.364. The predicted octanol–water partition coefficient (Wildman–Crippen LogP) is 2.96. The van der Waals surface area contributed by atoms with E-state index in [-0.39, 0.29) is 0 Å². The Bertz CT molecular complexity index is 867. The van der Waals surface area contributed by atoms with Crippen molar-refractivity contribution >= 4 is 41.4 Å². The summed E-state index contributed by atoms with van der Waals surface area (Å²) in [4.78, 5) is 27.3. The van der Waals surface area contributed by atoms with Crippen LogP contribution in [0.25, 0.3) is 10.8 Å². The zero-order valence-corrected chi connectivity index (χ0v) is 18.2. The van der Waals surface area contributed by atoms with Crippen LogP contribution in [0.15, 0.2) is 42.7 Å². The number of hydrogen-bond donors (Lipinski definition) is 3. The molecular formula is C22H30N4O2S. The number of thiol groups is 1. The minimum atomic E-state index is -0.391. The molecule has 2 aromatic carbocycles. The van der Waals surface area contributed by atoms with E-state index in [1.54, 1.807) is 6.07 Å². The third-order valence-electron chi connectivity index (χ3n) is 4.57. The first-order valence-electron chi connectivity index (χ1n) is 9.66. The maximum absolute atomic E-state index is 12.4. The molecule has 0 saturated heterocycles. The van der Waals surface area contributed by atoms with E-state index in [1.165, 1.54) is 0 Å². The SMILES string of the molecule is CN(C)/C=C\N(C)CCCNc1ccc(C(=O)NC=O)c2c(CCS)cccc12. The van der Waals surface area contributed by atoms with Crippen LogP contribution in [-0.2, 0) is 11.2 Å². The van der Waals surface area contributed by atoms with Crippen molar-refractivity contribution in [2.75, 3.05) is 45.3 Å². The summed E-state index contributed by atoms with van der Waals surface area (Å²) in [5.41, 5.74) is 2.53. The predicted molar refractivity (Wildman–Crippen MR) is 124 cm³/mol. The van der Waals surface area contributed by atoms with Gasteiger partial charge >= 0.3 is 0 Å². The molecule has 0 unspecified atom stereocenters. The Morgan fingerprint density at radius 1 is 1.14 bits per heavy atom. The number of nitrogens with zero attached hydrogens (tertiary/aromatic N) is 2. The van der Waals surface area contributed by atoms with Gasteiger partial charge in [0.05, 0.1) is 0 Å². The van der Waals surface area contributed by atoms with Crippen LogP contribution in [0.5, 0.6) is 0 Å². The van der Waals surface area contributed by atoms with Crippen LogP contribution < -0.4 is 10.6 Å². The lowest BCUT2D eigenvalue weighted by Gasteiger charge is -2.17. The Labute approximate surface area is 178 Å². The summed E-state index contributed by atoms with van der Waals surface area (Å²) >= 11 is 4.34.